The molecule has 3 N–H and O–H groups in total. The quantitative estimate of drug-likeness (QED) is 0.165. The minimum Gasteiger partial charge on any atom is -0.497 e. The molecule has 5 rings (SSSR count). The van der Waals surface area contributed by atoms with Gasteiger partial charge in [0, 0.05) is 28.8 Å². The van der Waals surface area contributed by atoms with Gasteiger partial charge in [-0.2, -0.15) is 0 Å². The number of nitrogens with zero attached hydrogens (tertiary/aromatic N) is 2. The number of fused-ring (bicyclic) bond motifs is 1. The molecule has 3 aromatic carbocycles. The number of benzene rings is 3. The number of sulfonamides is 1. The molecule has 0 radical (unpaired) electrons. The Kier molecular flexibility index (Phi) is 11.9. The second-order valence-corrected chi connectivity index (χ2v) is 15.4. The molecule has 1 aliphatic heterocycles. The number of carbonyl (C=O) groups excluding carboxylic acids is 5. The number of amides is 4. The van der Waals surface area contributed by atoms with E-state index in [1.54, 1.807) is 45.9 Å². The number of methoxy groups -OCH3 is 1. The van der Waals surface area contributed by atoms with Gasteiger partial charge in [0.1, 0.15) is 23.3 Å². The first-order chi connectivity index (χ1) is 25.1. The monoisotopic (exact) mass is 765 g/mol. The van der Waals surface area contributed by atoms with E-state index >= 15 is 0 Å². The van der Waals surface area contributed by atoms with Gasteiger partial charge in [0.05, 0.1) is 18.0 Å². The predicted molar refractivity (Wildman–Crippen MR) is 195 cm³/mol. The molecule has 0 saturated carbocycles. The zero-order valence-electron chi connectivity index (χ0n) is 29.7. The summed E-state index contributed by atoms with van der Waals surface area (Å²) in [5.41, 5.74) is 0.917. The van der Waals surface area contributed by atoms with E-state index in [0.717, 1.165) is 0 Å². The third-order valence-corrected chi connectivity index (χ3v) is 10.5. The summed E-state index contributed by atoms with van der Waals surface area (Å²) < 4.78 is 38.1. The van der Waals surface area contributed by atoms with Crippen LogP contribution in [0, 0.1) is 11.8 Å². The molecule has 4 aromatic rings. The Morgan fingerprint density at radius 2 is 1.49 bits per heavy atom. The molecular weight excluding hydrogens is 726 g/mol. The zero-order valence-corrected chi connectivity index (χ0v) is 31.3. The van der Waals surface area contributed by atoms with Crippen LogP contribution < -0.4 is 20.1 Å². The number of aromatic nitrogens is 1. The van der Waals surface area contributed by atoms with Crippen molar-refractivity contribution in [2.45, 2.75) is 63.6 Å². The zero-order chi connectivity index (χ0) is 38.6. The summed E-state index contributed by atoms with van der Waals surface area (Å²) in [7, 11) is -2.66. The Labute approximate surface area is 311 Å². The molecule has 0 aliphatic carbocycles. The average Bonchev–Trinajstić information content (AvgIpc) is 3.80. The second kappa shape index (κ2) is 16.2. The molecule has 3 atom stereocenters. The van der Waals surface area contributed by atoms with Crippen LogP contribution in [0.3, 0.4) is 0 Å². The van der Waals surface area contributed by atoms with Gasteiger partial charge in [-0.05, 0) is 85.3 Å². The van der Waals surface area contributed by atoms with Crippen molar-refractivity contribution < 1.29 is 41.5 Å². The Hall–Kier alpha value is -5.28. The highest BCUT2D eigenvalue weighted by molar-refractivity contribution is 7.90. The molecule has 1 unspecified atom stereocenters. The van der Waals surface area contributed by atoms with Gasteiger partial charge in [-0.1, -0.05) is 39.3 Å². The Bertz CT molecular complexity index is 2130. The molecule has 0 spiro atoms. The maximum atomic E-state index is 13.9. The van der Waals surface area contributed by atoms with Gasteiger partial charge >= 0.3 is 0 Å². The van der Waals surface area contributed by atoms with Gasteiger partial charge in [0.15, 0.2) is 5.58 Å². The maximum Gasteiger partial charge on any atom is 0.266 e. The Morgan fingerprint density at radius 1 is 0.868 bits per heavy atom. The van der Waals surface area contributed by atoms with Crippen molar-refractivity contribution >= 4 is 62.1 Å². The topological polar surface area (TPSA) is 194 Å². The van der Waals surface area contributed by atoms with E-state index in [0.29, 0.717) is 34.7 Å². The molecule has 4 amide bonds. The number of Topliss-reactive ketones (excluding diaryl/α,β-unsaturated/α-hetero) is 1. The van der Waals surface area contributed by atoms with E-state index in [2.05, 4.69) is 15.6 Å². The highest BCUT2D eigenvalue weighted by Crippen LogP contribution is 2.25. The third kappa shape index (κ3) is 8.86. The number of hydrogen-bond acceptors (Lipinski definition) is 10. The molecule has 0 bridgehead atoms. The van der Waals surface area contributed by atoms with Crippen LogP contribution in [0.4, 0.5) is 0 Å². The summed E-state index contributed by atoms with van der Waals surface area (Å²) in [4.78, 5) is 72.7. The number of carbonyl (C=O) groups is 5. The van der Waals surface area contributed by atoms with E-state index in [-0.39, 0.29) is 40.3 Å². The fourth-order valence-corrected chi connectivity index (χ4v) is 7.00. The fourth-order valence-electron chi connectivity index (χ4n) is 5.90. The molecule has 1 aromatic heterocycles. The van der Waals surface area contributed by atoms with Crippen molar-refractivity contribution in [1.82, 2.24) is 25.2 Å². The Morgan fingerprint density at radius 3 is 2.09 bits per heavy atom. The Balaban J connectivity index is 1.24. The van der Waals surface area contributed by atoms with E-state index in [9.17, 15) is 32.4 Å². The number of ether oxygens (including phenoxy) is 1. The molecule has 53 heavy (non-hydrogen) atoms. The molecule has 280 valence electrons. The maximum absolute atomic E-state index is 13.9. The summed E-state index contributed by atoms with van der Waals surface area (Å²) in [5, 5.41) is 5.90. The standard InChI is InChI=1S/C37H40ClN5O9S/c1-20(2)30(32(44)36-39-27-19-25(51-5)14-17-29(27)52-36)40-35(47)28-7-6-18-43(28)37(48)31(21(3)4)41-33(45)22-8-10-23(11-9-22)34(46)42-53(49,50)26-15-12-24(38)13-16-26/h8-17,19-21,28,30-31H,6-7,18H2,1-5H3,(H,40,47)(H,41,45)(H,42,46)/t28-,30?,31-/m0/s1. The minimum absolute atomic E-state index is 0.0176. The highest BCUT2D eigenvalue weighted by Gasteiger charge is 2.40. The van der Waals surface area contributed by atoms with Gasteiger partial charge in [0.25, 0.3) is 27.7 Å². The number of hydrogen-bond donors (Lipinski definition) is 3. The van der Waals surface area contributed by atoms with Gasteiger partial charge < -0.3 is 24.7 Å². The number of halogens is 1. The first-order valence-electron chi connectivity index (χ1n) is 16.9. The molecule has 2 heterocycles. The molecule has 16 heteroatoms. The summed E-state index contributed by atoms with van der Waals surface area (Å²) >= 11 is 5.82. The van der Waals surface area contributed by atoms with Crippen LogP contribution in [0.1, 0.15) is 71.9 Å². The first kappa shape index (κ1) is 38.9. The first-order valence-corrected chi connectivity index (χ1v) is 18.8. The number of ketones is 1. The number of likely N-dealkylation sites (tertiary alicyclic amines) is 1. The van der Waals surface area contributed by atoms with Crippen LogP contribution in [-0.2, 0) is 19.6 Å². The third-order valence-electron chi connectivity index (χ3n) is 8.87. The van der Waals surface area contributed by atoms with Crippen molar-refractivity contribution in [2.24, 2.45) is 11.8 Å². The van der Waals surface area contributed by atoms with Gasteiger partial charge in [0.2, 0.25) is 17.6 Å². The largest absolute Gasteiger partial charge is 0.497 e. The smallest absolute Gasteiger partial charge is 0.266 e. The molecule has 1 aliphatic rings. The van der Waals surface area contributed by atoms with Crippen LogP contribution in [0.2, 0.25) is 5.02 Å². The number of rotatable bonds is 13. The lowest BCUT2D eigenvalue weighted by Crippen LogP contribution is -2.57. The second-order valence-electron chi connectivity index (χ2n) is 13.3. The molecule has 14 nitrogen and oxygen atoms in total. The summed E-state index contributed by atoms with van der Waals surface area (Å²) in [6, 6.07) is 12.6. The molecular formula is C37H40ClN5O9S. The lowest BCUT2D eigenvalue weighted by atomic mass is 9.98. The fraction of sp³-hybridized carbons (Fsp3) is 0.351. The van der Waals surface area contributed by atoms with Gasteiger partial charge in [-0.3, -0.25) is 24.0 Å². The van der Waals surface area contributed by atoms with E-state index < -0.39 is 57.6 Å². The number of oxazole rings is 1. The number of nitrogens with one attached hydrogen (secondary N) is 3. The van der Waals surface area contributed by atoms with Crippen molar-refractivity contribution in [3.8, 4) is 5.75 Å². The molecule has 1 saturated heterocycles. The van der Waals surface area contributed by atoms with Gasteiger partial charge in [-0.25, -0.2) is 18.1 Å². The van der Waals surface area contributed by atoms with E-state index in [4.69, 9.17) is 20.8 Å². The average molecular weight is 766 g/mol. The molecule has 1 fully saturated rings. The van der Waals surface area contributed by atoms with Crippen LogP contribution >= 0.6 is 11.6 Å². The highest BCUT2D eigenvalue weighted by atomic mass is 35.5. The van der Waals surface area contributed by atoms with Crippen LogP contribution in [0.15, 0.2) is 76.0 Å². The lowest BCUT2D eigenvalue weighted by Gasteiger charge is -2.31. The van der Waals surface area contributed by atoms with Crippen LogP contribution in [0.25, 0.3) is 11.1 Å². The summed E-state index contributed by atoms with van der Waals surface area (Å²) in [5.74, 6) is -3.34. The van der Waals surface area contributed by atoms with Crippen molar-refractivity contribution in [3.05, 3.63) is 88.8 Å². The predicted octanol–water partition coefficient (Wildman–Crippen LogP) is 4.38. The van der Waals surface area contributed by atoms with Gasteiger partial charge in [-0.15, -0.1) is 0 Å². The van der Waals surface area contributed by atoms with Crippen molar-refractivity contribution in [2.75, 3.05) is 13.7 Å². The normalized spacial score (nSPS) is 15.6. The minimum atomic E-state index is -4.18. The van der Waals surface area contributed by atoms with Crippen LogP contribution in [0.5, 0.6) is 5.75 Å². The van der Waals surface area contributed by atoms with E-state index in [1.165, 1.54) is 60.5 Å². The van der Waals surface area contributed by atoms with Crippen molar-refractivity contribution in [3.63, 3.8) is 0 Å². The SMILES string of the molecule is COc1ccc2oc(C(=O)C(NC(=O)[C@@H]3CCCN3C(=O)[C@@H](NC(=O)c3ccc(C(=O)NS(=O)(=O)c4ccc(Cl)cc4)cc3)C(C)C)C(C)C)nc2c1. The summed E-state index contributed by atoms with van der Waals surface area (Å²) in [6.45, 7) is 7.33. The lowest BCUT2D eigenvalue weighted by molar-refractivity contribution is -0.140. The van der Waals surface area contributed by atoms with Crippen LogP contribution in [-0.4, -0.2) is 79.5 Å². The van der Waals surface area contributed by atoms with E-state index in [1.807, 2.05) is 4.72 Å². The summed E-state index contributed by atoms with van der Waals surface area (Å²) in [6.07, 6.45) is 0.891. The van der Waals surface area contributed by atoms with Crippen molar-refractivity contribution in [1.29, 1.82) is 0 Å².